The fourth-order valence-corrected chi connectivity index (χ4v) is 1.92. The van der Waals surface area contributed by atoms with Crippen molar-refractivity contribution in [1.82, 2.24) is 0 Å². The largest absolute Gasteiger partial charge is 0.508 e. The number of ether oxygens (including phenoxy) is 1. The van der Waals surface area contributed by atoms with Gasteiger partial charge < -0.3 is 20.1 Å². The molecule has 1 aliphatic rings. The summed E-state index contributed by atoms with van der Waals surface area (Å²) in [5.41, 5.74) is 0.821. The summed E-state index contributed by atoms with van der Waals surface area (Å²) in [6.07, 6.45) is -1.16. The summed E-state index contributed by atoms with van der Waals surface area (Å²) in [6, 6.07) is 1.43. The van der Waals surface area contributed by atoms with Gasteiger partial charge in [-0.1, -0.05) is 0 Å². The van der Waals surface area contributed by atoms with Crippen LogP contribution in [0.3, 0.4) is 0 Å². The van der Waals surface area contributed by atoms with E-state index in [0.717, 1.165) is 0 Å². The summed E-state index contributed by atoms with van der Waals surface area (Å²) in [6.45, 7) is 3.04. The zero-order chi connectivity index (χ0) is 12.7. The van der Waals surface area contributed by atoms with Gasteiger partial charge in [0.25, 0.3) is 0 Å². The molecule has 0 spiro atoms. The van der Waals surface area contributed by atoms with Crippen molar-refractivity contribution in [2.75, 3.05) is 0 Å². The third-order valence-corrected chi connectivity index (χ3v) is 3.03. The van der Waals surface area contributed by atoms with E-state index in [4.69, 9.17) is 4.74 Å². The van der Waals surface area contributed by atoms with Crippen LogP contribution in [-0.2, 0) is 11.2 Å². The molecule has 3 N–H and O–H groups in total. The molecule has 2 rings (SSSR count). The number of carbonyl (C=O) groups excluding carboxylic acids is 1. The lowest BCUT2D eigenvalue weighted by atomic mass is 9.93. The quantitative estimate of drug-likeness (QED) is 0.632. The summed E-state index contributed by atoms with van der Waals surface area (Å²) < 4.78 is 5.02. The molecule has 0 bridgehead atoms. The number of hydrogen-bond donors (Lipinski definition) is 3. The van der Waals surface area contributed by atoms with Crippen LogP contribution in [0.25, 0.3) is 0 Å². The van der Waals surface area contributed by atoms with Gasteiger partial charge in [-0.2, -0.15) is 0 Å². The fraction of sp³-hybridized carbons (Fsp3) is 0.417. The van der Waals surface area contributed by atoms with Crippen molar-refractivity contribution in [1.29, 1.82) is 0 Å². The van der Waals surface area contributed by atoms with Crippen LogP contribution in [-0.4, -0.2) is 33.5 Å². The molecular weight excluding hydrogens is 224 g/mol. The predicted molar refractivity (Wildman–Crippen MR) is 59.1 cm³/mol. The molecule has 1 heterocycles. The smallest absolute Gasteiger partial charge is 0.342 e. The van der Waals surface area contributed by atoms with E-state index in [0.29, 0.717) is 5.56 Å². The highest BCUT2D eigenvalue weighted by Gasteiger charge is 2.33. The number of cyclic esters (lactones) is 1. The number of aliphatic hydroxyl groups excluding tert-OH is 1. The van der Waals surface area contributed by atoms with Crippen molar-refractivity contribution >= 4 is 5.97 Å². The number of fused-ring (bicyclic) bond motifs is 1. The van der Waals surface area contributed by atoms with Crippen molar-refractivity contribution < 1.29 is 24.9 Å². The molecule has 5 nitrogen and oxygen atoms in total. The van der Waals surface area contributed by atoms with Crippen molar-refractivity contribution in [3.05, 3.63) is 22.8 Å². The number of carbonyl (C=O) groups is 1. The van der Waals surface area contributed by atoms with Crippen molar-refractivity contribution in [3.63, 3.8) is 0 Å². The van der Waals surface area contributed by atoms with Crippen LogP contribution >= 0.6 is 0 Å². The molecule has 0 radical (unpaired) electrons. The fourth-order valence-electron chi connectivity index (χ4n) is 1.92. The molecule has 17 heavy (non-hydrogen) atoms. The minimum atomic E-state index is -0.794. The molecule has 0 amide bonds. The Balaban J connectivity index is 2.53. The summed E-state index contributed by atoms with van der Waals surface area (Å²) >= 11 is 0. The minimum Gasteiger partial charge on any atom is -0.508 e. The number of rotatable bonds is 1. The highest BCUT2D eigenvalue weighted by atomic mass is 16.6. The van der Waals surface area contributed by atoms with E-state index in [1.807, 2.05) is 0 Å². The molecule has 0 saturated heterocycles. The van der Waals surface area contributed by atoms with Gasteiger partial charge in [0.1, 0.15) is 23.2 Å². The van der Waals surface area contributed by atoms with E-state index in [1.54, 1.807) is 0 Å². The molecular formula is C12H14O5. The Morgan fingerprint density at radius 3 is 2.71 bits per heavy atom. The van der Waals surface area contributed by atoms with E-state index < -0.39 is 18.2 Å². The van der Waals surface area contributed by atoms with Crippen LogP contribution in [0.1, 0.15) is 28.4 Å². The normalized spacial score (nSPS) is 20.6. The number of benzene rings is 1. The molecule has 0 saturated carbocycles. The minimum absolute atomic E-state index is 0.0692. The number of hydrogen-bond acceptors (Lipinski definition) is 5. The van der Waals surface area contributed by atoms with E-state index in [-0.39, 0.29) is 29.0 Å². The van der Waals surface area contributed by atoms with E-state index >= 15 is 0 Å². The number of phenolic OH excluding ortho intramolecular Hbond substituents is 2. The molecule has 92 valence electrons. The SMILES string of the molecule is Cc1c(O)cc2c(c1O)C(=O)O[C@H]([C@@H](C)O)C2. The first-order chi connectivity index (χ1) is 7.91. The third kappa shape index (κ3) is 1.82. The van der Waals surface area contributed by atoms with Gasteiger partial charge in [0.05, 0.1) is 6.10 Å². The van der Waals surface area contributed by atoms with Gasteiger partial charge in [-0.05, 0) is 25.5 Å². The Hall–Kier alpha value is -1.75. The van der Waals surface area contributed by atoms with Crippen LogP contribution in [0.5, 0.6) is 11.5 Å². The maximum atomic E-state index is 11.7. The van der Waals surface area contributed by atoms with Gasteiger partial charge in [0, 0.05) is 12.0 Å². The lowest BCUT2D eigenvalue weighted by Crippen LogP contribution is -2.35. The molecule has 0 aromatic heterocycles. The molecule has 1 aromatic rings. The van der Waals surface area contributed by atoms with E-state index in [1.165, 1.54) is 19.9 Å². The molecule has 1 aromatic carbocycles. The molecule has 0 aliphatic carbocycles. The molecule has 2 atom stereocenters. The first kappa shape index (κ1) is 11.7. The lowest BCUT2D eigenvalue weighted by Gasteiger charge is -2.27. The van der Waals surface area contributed by atoms with Gasteiger partial charge in [0.2, 0.25) is 0 Å². The van der Waals surface area contributed by atoms with E-state index in [2.05, 4.69) is 0 Å². The first-order valence-electron chi connectivity index (χ1n) is 5.35. The Bertz CT molecular complexity index is 478. The van der Waals surface area contributed by atoms with Gasteiger partial charge in [0.15, 0.2) is 0 Å². The van der Waals surface area contributed by atoms with Crippen molar-refractivity contribution in [3.8, 4) is 11.5 Å². The standard InChI is InChI=1S/C12H14O5/c1-5-8(14)3-7-4-9(6(2)13)17-12(16)10(7)11(5)15/h3,6,9,13-15H,4H2,1-2H3/t6-,9+/m1/s1. The number of esters is 1. The first-order valence-corrected chi connectivity index (χ1v) is 5.35. The molecule has 0 fully saturated rings. The van der Waals surface area contributed by atoms with Gasteiger partial charge >= 0.3 is 5.97 Å². The molecule has 0 unspecified atom stereocenters. The monoisotopic (exact) mass is 238 g/mol. The van der Waals surface area contributed by atoms with Gasteiger partial charge in [-0.25, -0.2) is 4.79 Å². The second-order valence-corrected chi connectivity index (χ2v) is 4.29. The zero-order valence-corrected chi connectivity index (χ0v) is 9.60. The number of aromatic hydroxyl groups is 2. The van der Waals surface area contributed by atoms with E-state index in [9.17, 15) is 20.1 Å². The molecule has 1 aliphatic heterocycles. The average molecular weight is 238 g/mol. The van der Waals surface area contributed by atoms with Gasteiger partial charge in [-0.15, -0.1) is 0 Å². The van der Waals surface area contributed by atoms with Gasteiger partial charge in [-0.3, -0.25) is 0 Å². The van der Waals surface area contributed by atoms with Crippen LogP contribution in [0, 0.1) is 6.92 Å². The number of aliphatic hydroxyl groups is 1. The number of phenols is 2. The van der Waals surface area contributed by atoms with Crippen LogP contribution in [0.2, 0.25) is 0 Å². The van der Waals surface area contributed by atoms with Crippen LogP contribution in [0.4, 0.5) is 0 Å². The average Bonchev–Trinajstić information content (AvgIpc) is 2.25. The summed E-state index contributed by atoms with van der Waals surface area (Å²) in [5.74, 6) is -0.993. The highest BCUT2D eigenvalue weighted by molar-refractivity contribution is 5.96. The second-order valence-electron chi connectivity index (χ2n) is 4.29. The Kier molecular flexibility index (Phi) is 2.71. The predicted octanol–water partition coefficient (Wildman–Crippen LogP) is 0.869. The third-order valence-electron chi connectivity index (χ3n) is 3.03. The topological polar surface area (TPSA) is 87.0 Å². The second kappa shape index (κ2) is 3.92. The molecule has 5 heteroatoms. The van der Waals surface area contributed by atoms with Crippen molar-refractivity contribution in [2.24, 2.45) is 0 Å². The van der Waals surface area contributed by atoms with Crippen LogP contribution in [0.15, 0.2) is 6.07 Å². The maximum absolute atomic E-state index is 11.7. The summed E-state index contributed by atoms with van der Waals surface area (Å²) in [5, 5.41) is 28.8. The maximum Gasteiger partial charge on any atom is 0.342 e. The lowest BCUT2D eigenvalue weighted by molar-refractivity contribution is -0.0171. The van der Waals surface area contributed by atoms with Crippen molar-refractivity contribution in [2.45, 2.75) is 32.5 Å². The summed E-state index contributed by atoms with van der Waals surface area (Å²) in [7, 11) is 0. The zero-order valence-electron chi connectivity index (χ0n) is 9.60. The Morgan fingerprint density at radius 2 is 2.12 bits per heavy atom. The Morgan fingerprint density at radius 1 is 1.47 bits per heavy atom. The Labute approximate surface area is 98.3 Å². The highest BCUT2D eigenvalue weighted by Crippen LogP contribution is 2.36. The van der Waals surface area contributed by atoms with Crippen LogP contribution < -0.4 is 0 Å². The summed E-state index contributed by atoms with van der Waals surface area (Å²) in [4.78, 5) is 11.7.